The average Bonchev–Trinajstić information content (AvgIpc) is 3.15. The molecule has 1 aromatic carbocycles. The summed E-state index contributed by atoms with van der Waals surface area (Å²) in [6.07, 6.45) is 0. The van der Waals surface area contributed by atoms with Crippen LogP contribution in [0.3, 0.4) is 0 Å². The monoisotopic (exact) mass is 491 g/mol. The summed E-state index contributed by atoms with van der Waals surface area (Å²) >= 11 is 1.12. The van der Waals surface area contributed by atoms with Crippen LogP contribution in [-0.4, -0.2) is 38.2 Å². The van der Waals surface area contributed by atoms with Crippen molar-refractivity contribution in [1.29, 1.82) is 10.5 Å². The van der Waals surface area contributed by atoms with Crippen LogP contribution < -0.4 is 4.90 Å². The Morgan fingerprint density at radius 3 is 1.97 bits per heavy atom. The van der Waals surface area contributed by atoms with Crippen LogP contribution in [0.2, 0.25) is 0 Å². The van der Waals surface area contributed by atoms with Crippen LogP contribution in [0.15, 0.2) is 58.8 Å². The molecule has 0 saturated carbocycles. The fourth-order valence-electron chi connectivity index (χ4n) is 2.75. The Morgan fingerprint density at radius 1 is 0.971 bits per heavy atom. The molecule has 0 radical (unpaired) electrons. The van der Waals surface area contributed by atoms with Crippen molar-refractivity contribution in [2.75, 3.05) is 31.2 Å². The molecule has 9 nitrogen and oxygen atoms in total. The van der Waals surface area contributed by atoms with E-state index in [4.69, 9.17) is 14.7 Å². The third-order valence-electron chi connectivity index (χ3n) is 4.70. The van der Waals surface area contributed by atoms with Gasteiger partial charge in [0.1, 0.15) is 30.2 Å². The van der Waals surface area contributed by atoms with Gasteiger partial charge in [-0.15, -0.1) is 21.6 Å². The minimum atomic E-state index is -0.477. The maximum absolute atomic E-state index is 11.7. The fraction of sp³-hybridized carbons (Fsp3) is 0.280. The van der Waals surface area contributed by atoms with Gasteiger partial charge < -0.3 is 14.4 Å². The molecule has 2 aromatic rings. The normalized spacial score (nSPS) is 10.3. The molecular formula is C25H25N5O4S. The number of anilines is 1. The predicted octanol–water partition coefficient (Wildman–Crippen LogP) is 5.26. The van der Waals surface area contributed by atoms with Crippen molar-refractivity contribution in [2.45, 2.75) is 20.8 Å². The van der Waals surface area contributed by atoms with E-state index in [-0.39, 0.29) is 13.2 Å². The SMILES string of the molecule is C=C(C)C(=O)OCCN(CCOC(=O)C(=C)C)c1ccc(/N=N/c2sc(C#N)c(C)c2C#N)cc1. The van der Waals surface area contributed by atoms with Gasteiger partial charge >= 0.3 is 11.9 Å². The number of benzene rings is 1. The highest BCUT2D eigenvalue weighted by atomic mass is 32.1. The van der Waals surface area contributed by atoms with Gasteiger partial charge in [0.05, 0.1) is 24.3 Å². The van der Waals surface area contributed by atoms with Gasteiger partial charge in [0.15, 0.2) is 5.00 Å². The standard InChI is InChI=1S/C25H25N5O4S/c1-16(2)24(31)33-12-10-30(11-13-34-25(32)17(3)4)20-8-6-19(7-9-20)28-29-23-21(14-26)18(5)22(15-27)35-23/h6-9H,1,3,10-13H2,2,4-5H3/b29-28+. The van der Waals surface area contributed by atoms with E-state index >= 15 is 0 Å². The van der Waals surface area contributed by atoms with Crippen molar-refractivity contribution < 1.29 is 19.1 Å². The second-order valence-electron chi connectivity index (χ2n) is 7.50. The van der Waals surface area contributed by atoms with Gasteiger partial charge in [-0.2, -0.15) is 10.5 Å². The molecular weight excluding hydrogens is 466 g/mol. The molecule has 0 unspecified atom stereocenters. The Kier molecular flexibility index (Phi) is 9.88. The van der Waals surface area contributed by atoms with E-state index in [1.807, 2.05) is 4.90 Å². The van der Waals surface area contributed by atoms with E-state index in [1.165, 1.54) is 0 Å². The molecule has 1 heterocycles. The first-order valence-electron chi connectivity index (χ1n) is 10.5. The lowest BCUT2D eigenvalue weighted by molar-refractivity contribution is -0.139. The Hall–Kier alpha value is -4.28. The quantitative estimate of drug-likeness (QED) is 0.238. The zero-order valence-corrected chi connectivity index (χ0v) is 20.6. The zero-order valence-electron chi connectivity index (χ0n) is 19.8. The molecule has 1 aromatic heterocycles. The van der Waals surface area contributed by atoms with Crippen LogP contribution in [0.1, 0.15) is 29.9 Å². The molecule has 0 N–H and O–H groups in total. The number of thiophene rings is 1. The maximum Gasteiger partial charge on any atom is 0.333 e. The van der Waals surface area contributed by atoms with Gasteiger partial charge in [0.25, 0.3) is 0 Å². The van der Waals surface area contributed by atoms with Crippen molar-refractivity contribution in [1.82, 2.24) is 0 Å². The Bertz CT molecular complexity index is 1200. The molecule has 2 rings (SSSR count). The number of rotatable bonds is 11. The number of nitrogens with zero attached hydrogens (tertiary/aromatic N) is 5. The first kappa shape index (κ1) is 27.0. The van der Waals surface area contributed by atoms with E-state index in [0.29, 0.717) is 50.9 Å². The molecule has 180 valence electrons. The molecule has 0 aliphatic heterocycles. The first-order valence-corrected chi connectivity index (χ1v) is 11.3. The number of azo groups is 1. The van der Waals surface area contributed by atoms with Gasteiger partial charge in [-0.3, -0.25) is 0 Å². The summed E-state index contributed by atoms with van der Waals surface area (Å²) in [5.41, 5.74) is 2.89. The van der Waals surface area contributed by atoms with Crippen molar-refractivity contribution >= 4 is 39.7 Å². The topological polar surface area (TPSA) is 128 Å². The summed E-state index contributed by atoms with van der Waals surface area (Å²) in [4.78, 5) is 25.7. The molecule has 0 aliphatic rings. The Morgan fingerprint density at radius 2 is 1.51 bits per heavy atom. The molecule has 0 amide bonds. The Balaban J connectivity index is 2.14. The van der Waals surface area contributed by atoms with E-state index in [1.54, 1.807) is 45.0 Å². The van der Waals surface area contributed by atoms with Crippen LogP contribution >= 0.6 is 11.3 Å². The van der Waals surface area contributed by atoms with Gasteiger partial charge in [0.2, 0.25) is 0 Å². The van der Waals surface area contributed by atoms with Crippen LogP contribution in [0, 0.1) is 29.6 Å². The predicted molar refractivity (Wildman–Crippen MR) is 133 cm³/mol. The summed E-state index contributed by atoms with van der Waals surface area (Å²) < 4.78 is 10.4. The van der Waals surface area contributed by atoms with Crippen LogP contribution in [0.4, 0.5) is 16.4 Å². The van der Waals surface area contributed by atoms with E-state index in [2.05, 4.69) is 35.5 Å². The minimum absolute atomic E-state index is 0.122. The summed E-state index contributed by atoms with van der Waals surface area (Å²) in [6.45, 7) is 12.9. The number of hydrogen-bond acceptors (Lipinski definition) is 10. The first-order chi connectivity index (χ1) is 16.7. The number of hydrogen-bond donors (Lipinski definition) is 0. The van der Waals surface area contributed by atoms with E-state index in [0.717, 1.165) is 17.0 Å². The molecule has 35 heavy (non-hydrogen) atoms. The van der Waals surface area contributed by atoms with Crippen LogP contribution in [0.5, 0.6) is 0 Å². The number of esters is 2. The molecule has 0 aliphatic carbocycles. The smallest absolute Gasteiger partial charge is 0.333 e. The van der Waals surface area contributed by atoms with Gasteiger partial charge in [-0.25, -0.2) is 9.59 Å². The average molecular weight is 492 g/mol. The lowest BCUT2D eigenvalue weighted by atomic mass is 10.2. The molecule has 0 atom stereocenters. The number of ether oxygens (including phenoxy) is 2. The summed E-state index contributed by atoms with van der Waals surface area (Å²) in [5, 5.41) is 27.2. The third kappa shape index (κ3) is 7.63. The number of carbonyl (C=O) groups is 2. The second kappa shape index (κ2) is 12.8. The van der Waals surface area contributed by atoms with Crippen molar-refractivity contribution in [3.05, 3.63) is 64.6 Å². The highest BCUT2D eigenvalue weighted by Gasteiger charge is 2.15. The highest BCUT2D eigenvalue weighted by Crippen LogP contribution is 2.35. The summed E-state index contributed by atoms with van der Waals surface area (Å²) in [7, 11) is 0. The van der Waals surface area contributed by atoms with Gasteiger partial charge in [0, 0.05) is 16.8 Å². The fourth-order valence-corrected chi connectivity index (χ4v) is 3.63. The largest absolute Gasteiger partial charge is 0.460 e. The molecule has 0 saturated heterocycles. The lowest BCUT2D eigenvalue weighted by Crippen LogP contribution is -2.32. The van der Waals surface area contributed by atoms with Crippen molar-refractivity contribution in [2.24, 2.45) is 10.2 Å². The lowest BCUT2D eigenvalue weighted by Gasteiger charge is -2.24. The molecule has 0 bridgehead atoms. The highest BCUT2D eigenvalue weighted by molar-refractivity contribution is 7.16. The van der Waals surface area contributed by atoms with Gasteiger partial charge in [-0.1, -0.05) is 13.2 Å². The second-order valence-corrected chi connectivity index (χ2v) is 8.49. The molecule has 0 spiro atoms. The third-order valence-corrected chi connectivity index (χ3v) is 5.78. The van der Waals surface area contributed by atoms with Crippen LogP contribution in [-0.2, 0) is 19.1 Å². The summed E-state index contributed by atoms with van der Waals surface area (Å²) in [6, 6.07) is 11.2. The summed E-state index contributed by atoms with van der Waals surface area (Å²) in [5.74, 6) is -0.955. The zero-order chi connectivity index (χ0) is 26.0. The number of nitriles is 2. The van der Waals surface area contributed by atoms with Crippen molar-refractivity contribution in [3.8, 4) is 12.1 Å². The van der Waals surface area contributed by atoms with E-state index < -0.39 is 11.9 Å². The molecule has 0 fully saturated rings. The Labute approximate surface area is 208 Å². The van der Waals surface area contributed by atoms with Gasteiger partial charge in [-0.05, 0) is 50.6 Å². The van der Waals surface area contributed by atoms with Crippen LogP contribution in [0.25, 0.3) is 0 Å². The number of carbonyl (C=O) groups excluding carboxylic acids is 2. The maximum atomic E-state index is 11.7. The van der Waals surface area contributed by atoms with E-state index in [9.17, 15) is 14.9 Å². The van der Waals surface area contributed by atoms with Crippen molar-refractivity contribution in [3.63, 3.8) is 0 Å². The minimum Gasteiger partial charge on any atom is -0.460 e. The molecule has 10 heteroatoms.